The molecule has 1 heterocycles. The average Bonchev–Trinajstić information content (AvgIpc) is 3.19. The molecule has 1 N–H and O–H groups in total. The number of likely N-dealkylation sites (N-methyl/N-ethyl adjacent to an activating group) is 1. The molecule has 0 saturated heterocycles. The Bertz CT molecular complexity index is 1170. The normalized spacial score (nSPS) is 11.2. The minimum Gasteiger partial charge on any atom is -0.483 e. The summed E-state index contributed by atoms with van der Waals surface area (Å²) in [6.45, 7) is -0.226. The van der Waals surface area contributed by atoms with Gasteiger partial charge in [0.2, 0.25) is 0 Å². The molecule has 3 aromatic rings. The molecule has 0 saturated carbocycles. The number of para-hydroxylation sites is 1. The molecule has 33 heavy (non-hydrogen) atoms. The molecular formula is C22H19ClF3N3O3S. The van der Waals surface area contributed by atoms with Crippen molar-refractivity contribution in [2.75, 3.05) is 26.0 Å². The fourth-order valence-electron chi connectivity index (χ4n) is 2.73. The maximum atomic E-state index is 13.0. The molecule has 0 aliphatic rings. The Labute approximate surface area is 197 Å². The summed E-state index contributed by atoms with van der Waals surface area (Å²) in [5.74, 6) is -0.526. The SMILES string of the molecule is CN(C)C(=O)COc1ccccc1C(=O)Nc1ncc(Cc2cc(C(F)(F)F)ccc2Cl)s1. The number of carbonyl (C=O) groups is 2. The van der Waals surface area contributed by atoms with Crippen molar-refractivity contribution in [3.8, 4) is 5.75 Å². The number of hydrogen-bond acceptors (Lipinski definition) is 5. The number of nitrogens with one attached hydrogen (secondary N) is 1. The first-order valence-corrected chi connectivity index (χ1v) is 10.8. The maximum absolute atomic E-state index is 13.0. The third-order valence-electron chi connectivity index (χ3n) is 4.49. The van der Waals surface area contributed by atoms with E-state index in [1.54, 1.807) is 38.4 Å². The van der Waals surface area contributed by atoms with Crippen LogP contribution in [-0.2, 0) is 17.4 Å². The second-order valence-corrected chi connectivity index (χ2v) is 8.66. The van der Waals surface area contributed by atoms with Crippen LogP contribution in [0.2, 0.25) is 5.02 Å². The Morgan fingerprint density at radius 2 is 1.91 bits per heavy atom. The van der Waals surface area contributed by atoms with Gasteiger partial charge in [0, 0.05) is 36.6 Å². The van der Waals surface area contributed by atoms with Gasteiger partial charge in [-0.2, -0.15) is 13.2 Å². The van der Waals surface area contributed by atoms with Crippen LogP contribution in [0.3, 0.4) is 0 Å². The molecule has 1 aromatic heterocycles. The zero-order valence-corrected chi connectivity index (χ0v) is 19.1. The van der Waals surface area contributed by atoms with Crippen molar-refractivity contribution >= 4 is 39.9 Å². The highest BCUT2D eigenvalue weighted by atomic mass is 35.5. The van der Waals surface area contributed by atoms with Crippen molar-refractivity contribution in [1.82, 2.24) is 9.88 Å². The fraction of sp³-hybridized carbons (Fsp3) is 0.227. The van der Waals surface area contributed by atoms with Gasteiger partial charge >= 0.3 is 6.18 Å². The molecule has 0 spiro atoms. The van der Waals surface area contributed by atoms with Crippen molar-refractivity contribution in [2.24, 2.45) is 0 Å². The average molecular weight is 498 g/mol. The highest BCUT2D eigenvalue weighted by Crippen LogP contribution is 2.33. The Morgan fingerprint density at radius 1 is 1.18 bits per heavy atom. The van der Waals surface area contributed by atoms with Gasteiger partial charge in [-0.1, -0.05) is 23.7 Å². The van der Waals surface area contributed by atoms with E-state index >= 15 is 0 Å². The number of halogens is 4. The Kier molecular flexibility index (Phi) is 7.60. The summed E-state index contributed by atoms with van der Waals surface area (Å²) in [4.78, 5) is 30.6. The standard InChI is InChI=1S/C22H19ClF3N3O3S/c1-29(2)19(30)12-32-18-6-4-3-5-16(18)20(31)28-21-27-11-15(33-21)10-13-9-14(22(24,25)26)7-8-17(13)23/h3-9,11H,10,12H2,1-2H3,(H,27,28,31). The monoisotopic (exact) mass is 497 g/mol. The minimum absolute atomic E-state index is 0.128. The van der Waals surface area contributed by atoms with Crippen LogP contribution in [0.25, 0.3) is 0 Å². The van der Waals surface area contributed by atoms with E-state index in [-0.39, 0.29) is 40.4 Å². The highest BCUT2D eigenvalue weighted by molar-refractivity contribution is 7.15. The molecule has 0 unspecified atom stereocenters. The number of benzene rings is 2. The summed E-state index contributed by atoms with van der Waals surface area (Å²) in [5, 5.41) is 3.12. The van der Waals surface area contributed by atoms with Gasteiger partial charge in [-0.25, -0.2) is 4.98 Å². The number of alkyl halides is 3. The molecule has 0 atom stereocenters. The molecule has 6 nitrogen and oxygen atoms in total. The summed E-state index contributed by atoms with van der Waals surface area (Å²) in [7, 11) is 3.19. The van der Waals surface area contributed by atoms with Gasteiger partial charge in [-0.15, -0.1) is 11.3 Å². The van der Waals surface area contributed by atoms with Crippen molar-refractivity contribution in [3.63, 3.8) is 0 Å². The van der Waals surface area contributed by atoms with E-state index in [2.05, 4.69) is 10.3 Å². The Morgan fingerprint density at radius 3 is 2.61 bits per heavy atom. The quantitative estimate of drug-likeness (QED) is 0.491. The third kappa shape index (κ3) is 6.45. The number of rotatable bonds is 7. The molecule has 0 radical (unpaired) electrons. The van der Waals surface area contributed by atoms with Crippen LogP contribution in [0.4, 0.5) is 18.3 Å². The number of hydrogen-bond donors (Lipinski definition) is 1. The molecule has 11 heteroatoms. The van der Waals surface area contributed by atoms with Gasteiger partial charge in [0.05, 0.1) is 11.1 Å². The van der Waals surface area contributed by atoms with Crippen LogP contribution < -0.4 is 10.1 Å². The van der Waals surface area contributed by atoms with E-state index in [1.165, 1.54) is 17.2 Å². The number of ether oxygens (including phenoxy) is 1. The van der Waals surface area contributed by atoms with Crippen LogP contribution in [0.1, 0.15) is 26.4 Å². The van der Waals surface area contributed by atoms with E-state index in [1.807, 2.05) is 0 Å². The minimum atomic E-state index is -4.47. The van der Waals surface area contributed by atoms with Gasteiger partial charge in [-0.3, -0.25) is 14.9 Å². The third-order valence-corrected chi connectivity index (χ3v) is 5.77. The zero-order chi connectivity index (χ0) is 24.2. The largest absolute Gasteiger partial charge is 0.483 e. The molecule has 2 amide bonds. The first-order chi connectivity index (χ1) is 15.5. The van der Waals surface area contributed by atoms with Crippen LogP contribution in [0, 0.1) is 0 Å². The second-order valence-electron chi connectivity index (χ2n) is 7.14. The number of anilines is 1. The lowest BCUT2D eigenvalue weighted by atomic mass is 10.1. The number of amides is 2. The van der Waals surface area contributed by atoms with Gasteiger partial charge in [0.15, 0.2) is 11.7 Å². The number of nitrogens with zero attached hydrogens (tertiary/aromatic N) is 2. The zero-order valence-electron chi connectivity index (χ0n) is 17.6. The van der Waals surface area contributed by atoms with Gasteiger partial charge < -0.3 is 9.64 Å². The first kappa shape index (κ1) is 24.5. The number of aromatic nitrogens is 1. The second kappa shape index (κ2) is 10.2. The van der Waals surface area contributed by atoms with E-state index in [4.69, 9.17) is 16.3 Å². The van der Waals surface area contributed by atoms with Crippen molar-refractivity contribution in [3.05, 3.63) is 75.3 Å². The van der Waals surface area contributed by atoms with Crippen LogP contribution >= 0.6 is 22.9 Å². The van der Waals surface area contributed by atoms with Gasteiger partial charge in [0.25, 0.3) is 11.8 Å². The first-order valence-electron chi connectivity index (χ1n) is 9.58. The Hall–Kier alpha value is -3.11. The molecule has 3 rings (SSSR count). The summed E-state index contributed by atoms with van der Waals surface area (Å²) in [6, 6.07) is 9.58. The van der Waals surface area contributed by atoms with E-state index in [9.17, 15) is 22.8 Å². The van der Waals surface area contributed by atoms with E-state index in [0.29, 0.717) is 10.4 Å². The van der Waals surface area contributed by atoms with Gasteiger partial charge in [0.1, 0.15) is 5.75 Å². The predicted octanol–water partition coefficient (Wildman–Crippen LogP) is 5.13. The number of carbonyl (C=O) groups excluding carboxylic acids is 2. The van der Waals surface area contributed by atoms with Crippen LogP contribution in [0.15, 0.2) is 48.7 Å². The molecule has 174 valence electrons. The van der Waals surface area contributed by atoms with Crippen molar-refractivity contribution in [1.29, 1.82) is 0 Å². The molecular weight excluding hydrogens is 479 g/mol. The van der Waals surface area contributed by atoms with Crippen molar-refractivity contribution in [2.45, 2.75) is 12.6 Å². The Balaban J connectivity index is 1.71. The van der Waals surface area contributed by atoms with E-state index in [0.717, 1.165) is 23.5 Å². The van der Waals surface area contributed by atoms with Crippen LogP contribution in [0.5, 0.6) is 5.75 Å². The smallest absolute Gasteiger partial charge is 0.416 e. The molecule has 0 bridgehead atoms. The summed E-state index contributed by atoms with van der Waals surface area (Å²) in [5.41, 5.74) is -0.275. The molecule has 0 fully saturated rings. The maximum Gasteiger partial charge on any atom is 0.416 e. The highest BCUT2D eigenvalue weighted by Gasteiger charge is 2.31. The van der Waals surface area contributed by atoms with E-state index < -0.39 is 17.6 Å². The molecule has 0 aliphatic carbocycles. The number of thiazole rings is 1. The fourth-order valence-corrected chi connectivity index (χ4v) is 3.75. The molecule has 2 aromatic carbocycles. The van der Waals surface area contributed by atoms with Crippen molar-refractivity contribution < 1.29 is 27.5 Å². The van der Waals surface area contributed by atoms with Crippen LogP contribution in [-0.4, -0.2) is 42.4 Å². The topological polar surface area (TPSA) is 71.5 Å². The summed E-state index contributed by atoms with van der Waals surface area (Å²) in [6.07, 6.45) is -2.88. The lowest BCUT2D eigenvalue weighted by Gasteiger charge is -2.13. The lowest BCUT2D eigenvalue weighted by molar-refractivity contribution is -0.137. The summed E-state index contributed by atoms with van der Waals surface area (Å²) < 4.78 is 44.4. The van der Waals surface area contributed by atoms with Gasteiger partial charge in [-0.05, 0) is 35.9 Å². The summed E-state index contributed by atoms with van der Waals surface area (Å²) >= 11 is 7.18. The lowest BCUT2D eigenvalue weighted by Crippen LogP contribution is -2.28. The predicted molar refractivity (Wildman–Crippen MR) is 120 cm³/mol. The molecule has 0 aliphatic heterocycles.